The van der Waals surface area contributed by atoms with Gasteiger partial charge in [0, 0.05) is 29.8 Å². The van der Waals surface area contributed by atoms with Crippen LogP contribution in [0.4, 0.5) is 0 Å². The number of H-pyrrole nitrogens is 1. The van der Waals surface area contributed by atoms with Crippen LogP contribution in [-0.2, 0) is 11.2 Å². The molecule has 3 heteroatoms. The fourth-order valence-corrected chi connectivity index (χ4v) is 3.66. The summed E-state index contributed by atoms with van der Waals surface area (Å²) in [5, 5.41) is 5.13. The van der Waals surface area contributed by atoms with Crippen LogP contribution in [0.2, 0.25) is 0 Å². The predicted octanol–water partition coefficient (Wildman–Crippen LogP) is 2.78. The van der Waals surface area contributed by atoms with Crippen molar-refractivity contribution in [1.29, 1.82) is 0 Å². The molecule has 1 atom stereocenters. The van der Waals surface area contributed by atoms with E-state index < -0.39 is 0 Å². The van der Waals surface area contributed by atoms with Gasteiger partial charge in [-0.15, -0.1) is 0 Å². The van der Waals surface area contributed by atoms with E-state index in [0.29, 0.717) is 12.0 Å². The first-order chi connectivity index (χ1) is 9.43. The van der Waals surface area contributed by atoms with Crippen molar-refractivity contribution in [2.75, 3.05) is 19.8 Å². The first-order valence-corrected chi connectivity index (χ1v) is 7.34. The lowest BCUT2D eigenvalue weighted by molar-refractivity contribution is 0.0523. The fourth-order valence-electron chi connectivity index (χ4n) is 3.66. The van der Waals surface area contributed by atoms with Gasteiger partial charge in [0.1, 0.15) is 0 Å². The van der Waals surface area contributed by atoms with Gasteiger partial charge in [0.25, 0.3) is 0 Å². The largest absolute Gasteiger partial charge is 0.381 e. The molecule has 2 aromatic rings. The van der Waals surface area contributed by atoms with E-state index >= 15 is 0 Å². The van der Waals surface area contributed by atoms with Gasteiger partial charge in [0.15, 0.2) is 0 Å². The van der Waals surface area contributed by atoms with E-state index in [1.807, 2.05) is 0 Å². The normalized spacial score (nSPS) is 24.5. The molecule has 2 N–H and O–H groups in total. The Hall–Kier alpha value is -1.32. The molecule has 19 heavy (non-hydrogen) atoms. The molecule has 2 aliphatic rings. The number of benzene rings is 1. The highest BCUT2D eigenvalue weighted by atomic mass is 16.5. The molecular formula is C16H20N2O. The van der Waals surface area contributed by atoms with Crippen LogP contribution >= 0.6 is 0 Å². The lowest BCUT2D eigenvalue weighted by Gasteiger charge is -2.34. The zero-order valence-electron chi connectivity index (χ0n) is 11.1. The molecule has 1 aromatic heterocycles. The summed E-state index contributed by atoms with van der Waals surface area (Å²) in [5.41, 5.74) is 4.25. The molecule has 0 amide bonds. The monoisotopic (exact) mass is 256 g/mol. The van der Waals surface area contributed by atoms with Crippen LogP contribution in [0, 0.1) is 5.92 Å². The standard InChI is InChI=1S/C16H20N2O/c1-2-4-14-12(3-1)13-5-8-17-15(16(13)18-14)11-6-9-19-10-7-11/h1-4,11,15,17-18H,5-10H2. The van der Waals surface area contributed by atoms with Gasteiger partial charge in [0.05, 0.1) is 6.04 Å². The Labute approximate surface area is 113 Å². The number of rotatable bonds is 1. The van der Waals surface area contributed by atoms with Crippen molar-refractivity contribution in [3.63, 3.8) is 0 Å². The fraction of sp³-hybridized carbons (Fsp3) is 0.500. The van der Waals surface area contributed by atoms with Crippen LogP contribution < -0.4 is 5.32 Å². The zero-order chi connectivity index (χ0) is 12.7. The van der Waals surface area contributed by atoms with Crippen LogP contribution in [0.15, 0.2) is 24.3 Å². The minimum atomic E-state index is 0.486. The topological polar surface area (TPSA) is 37.0 Å². The van der Waals surface area contributed by atoms with Gasteiger partial charge in [-0.2, -0.15) is 0 Å². The molecule has 1 fully saturated rings. The van der Waals surface area contributed by atoms with E-state index in [4.69, 9.17) is 4.74 Å². The van der Waals surface area contributed by atoms with Gasteiger partial charge in [-0.05, 0) is 43.4 Å². The summed E-state index contributed by atoms with van der Waals surface area (Å²) >= 11 is 0. The quantitative estimate of drug-likeness (QED) is 0.823. The summed E-state index contributed by atoms with van der Waals surface area (Å²) in [6.45, 7) is 2.92. The Balaban J connectivity index is 1.77. The molecule has 2 aliphatic heterocycles. The van der Waals surface area contributed by atoms with Gasteiger partial charge >= 0.3 is 0 Å². The molecule has 0 spiro atoms. The van der Waals surface area contributed by atoms with Crippen LogP contribution in [0.5, 0.6) is 0 Å². The van der Waals surface area contributed by atoms with E-state index in [9.17, 15) is 0 Å². The average Bonchev–Trinajstić information content (AvgIpc) is 2.87. The lowest BCUT2D eigenvalue weighted by Crippen LogP contribution is -2.37. The Morgan fingerprint density at radius 3 is 2.84 bits per heavy atom. The highest BCUT2D eigenvalue weighted by molar-refractivity contribution is 5.85. The summed E-state index contributed by atoms with van der Waals surface area (Å²) in [7, 11) is 0. The van der Waals surface area contributed by atoms with Crippen molar-refractivity contribution in [3.05, 3.63) is 35.5 Å². The van der Waals surface area contributed by atoms with Crippen molar-refractivity contribution in [2.45, 2.75) is 25.3 Å². The molecule has 3 nitrogen and oxygen atoms in total. The van der Waals surface area contributed by atoms with Gasteiger partial charge < -0.3 is 15.0 Å². The Bertz CT molecular complexity index is 583. The molecule has 0 aliphatic carbocycles. The summed E-state index contributed by atoms with van der Waals surface area (Å²) in [5.74, 6) is 0.709. The van der Waals surface area contributed by atoms with E-state index in [1.54, 1.807) is 0 Å². The highest BCUT2D eigenvalue weighted by Crippen LogP contribution is 2.36. The third-order valence-corrected chi connectivity index (χ3v) is 4.63. The number of aromatic nitrogens is 1. The number of fused-ring (bicyclic) bond motifs is 3. The maximum absolute atomic E-state index is 5.50. The minimum Gasteiger partial charge on any atom is -0.381 e. The second kappa shape index (κ2) is 4.66. The van der Waals surface area contributed by atoms with E-state index in [1.165, 1.54) is 35.0 Å². The molecule has 0 radical (unpaired) electrons. The molecule has 1 unspecified atom stereocenters. The molecule has 1 aromatic carbocycles. The maximum atomic E-state index is 5.50. The molecule has 100 valence electrons. The molecule has 0 bridgehead atoms. The van der Waals surface area contributed by atoms with E-state index in [2.05, 4.69) is 34.6 Å². The van der Waals surface area contributed by atoms with Crippen molar-refractivity contribution in [3.8, 4) is 0 Å². The smallest absolute Gasteiger partial charge is 0.0506 e. The first-order valence-electron chi connectivity index (χ1n) is 7.34. The van der Waals surface area contributed by atoms with Crippen molar-refractivity contribution >= 4 is 10.9 Å². The molecular weight excluding hydrogens is 236 g/mol. The van der Waals surface area contributed by atoms with Crippen LogP contribution in [0.3, 0.4) is 0 Å². The number of hydrogen-bond donors (Lipinski definition) is 2. The first kappa shape index (κ1) is 11.5. The maximum Gasteiger partial charge on any atom is 0.0506 e. The summed E-state index contributed by atoms with van der Waals surface area (Å²) in [6, 6.07) is 9.18. The van der Waals surface area contributed by atoms with Crippen LogP contribution in [0.25, 0.3) is 10.9 Å². The van der Waals surface area contributed by atoms with Crippen molar-refractivity contribution < 1.29 is 4.74 Å². The predicted molar refractivity (Wildman–Crippen MR) is 76.3 cm³/mol. The molecule has 4 rings (SSSR count). The highest BCUT2D eigenvalue weighted by Gasteiger charge is 2.31. The second-order valence-electron chi connectivity index (χ2n) is 5.69. The SMILES string of the molecule is c1ccc2c3c([nH]c2c1)C(C1CCOCC1)NCC3. The average molecular weight is 256 g/mol. The zero-order valence-corrected chi connectivity index (χ0v) is 11.1. The number of nitrogens with one attached hydrogen (secondary N) is 2. The van der Waals surface area contributed by atoms with Gasteiger partial charge in [-0.3, -0.25) is 0 Å². The lowest BCUT2D eigenvalue weighted by atomic mass is 9.85. The Morgan fingerprint density at radius 1 is 1.11 bits per heavy atom. The Morgan fingerprint density at radius 2 is 1.95 bits per heavy atom. The number of hydrogen-bond acceptors (Lipinski definition) is 2. The number of para-hydroxylation sites is 1. The summed E-state index contributed by atoms with van der Waals surface area (Å²) < 4.78 is 5.50. The Kier molecular flexibility index (Phi) is 2.82. The van der Waals surface area contributed by atoms with Crippen molar-refractivity contribution in [1.82, 2.24) is 10.3 Å². The second-order valence-corrected chi connectivity index (χ2v) is 5.69. The minimum absolute atomic E-state index is 0.486. The molecule has 1 saturated heterocycles. The summed E-state index contributed by atoms with van der Waals surface area (Å²) in [4.78, 5) is 3.66. The van der Waals surface area contributed by atoms with E-state index in [-0.39, 0.29) is 0 Å². The third-order valence-electron chi connectivity index (χ3n) is 4.63. The van der Waals surface area contributed by atoms with Gasteiger partial charge in [-0.25, -0.2) is 0 Å². The van der Waals surface area contributed by atoms with E-state index in [0.717, 1.165) is 26.2 Å². The number of aromatic amines is 1. The van der Waals surface area contributed by atoms with Gasteiger partial charge in [-0.1, -0.05) is 18.2 Å². The number of ether oxygens (including phenoxy) is 1. The summed E-state index contributed by atoms with van der Waals surface area (Å²) in [6.07, 6.45) is 3.48. The van der Waals surface area contributed by atoms with Gasteiger partial charge in [0.2, 0.25) is 0 Å². The van der Waals surface area contributed by atoms with Crippen LogP contribution in [0.1, 0.15) is 30.1 Å². The third kappa shape index (κ3) is 1.88. The molecule has 0 saturated carbocycles. The molecule has 3 heterocycles. The van der Waals surface area contributed by atoms with Crippen molar-refractivity contribution in [2.24, 2.45) is 5.92 Å². The van der Waals surface area contributed by atoms with Crippen LogP contribution in [-0.4, -0.2) is 24.7 Å².